The van der Waals surface area contributed by atoms with Gasteiger partial charge in [0.05, 0.1) is 5.60 Å². The molecule has 1 aromatic carbocycles. The minimum Gasteiger partial charge on any atom is -0.385 e. The van der Waals surface area contributed by atoms with Gasteiger partial charge in [0.15, 0.2) is 0 Å². The molecule has 16 heavy (non-hydrogen) atoms. The minimum atomic E-state index is -0.504. The fourth-order valence-electron chi connectivity index (χ4n) is 2.73. The fourth-order valence-corrected chi connectivity index (χ4v) is 2.73. The summed E-state index contributed by atoms with van der Waals surface area (Å²) >= 11 is 0. The lowest BCUT2D eigenvalue weighted by molar-refractivity contribution is 0.149. The van der Waals surface area contributed by atoms with Crippen molar-refractivity contribution >= 4 is 0 Å². The third-order valence-electron chi connectivity index (χ3n) is 3.87. The van der Waals surface area contributed by atoms with E-state index in [1.54, 1.807) is 0 Å². The Morgan fingerprint density at radius 3 is 2.69 bits per heavy atom. The molecule has 86 valence electrons. The van der Waals surface area contributed by atoms with Gasteiger partial charge < -0.3 is 10.4 Å². The highest BCUT2D eigenvalue weighted by Gasteiger charge is 2.44. The first-order valence-electron chi connectivity index (χ1n) is 6.35. The summed E-state index contributed by atoms with van der Waals surface area (Å²) in [6.07, 6.45) is 5.63. The minimum absolute atomic E-state index is 0.453. The molecule has 2 nitrogen and oxygen atoms in total. The number of rotatable bonds is 2. The average Bonchev–Trinajstić information content (AvgIpc) is 3.10. The molecular formula is C14H19NO. The summed E-state index contributed by atoms with van der Waals surface area (Å²) < 4.78 is 0. The molecule has 1 heterocycles. The molecule has 1 saturated carbocycles. The quantitative estimate of drug-likeness (QED) is 0.797. The van der Waals surface area contributed by atoms with Crippen LogP contribution in [0.25, 0.3) is 0 Å². The molecule has 2 N–H and O–H groups in total. The predicted octanol–water partition coefficient (Wildman–Crippen LogP) is 2.48. The SMILES string of the molecule is OC1(c2ccccc2C2CCCCN2)CC1. The van der Waals surface area contributed by atoms with Gasteiger partial charge in [-0.15, -0.1) is 0 Å². The third-order valence-corrected chi connectivity index (χ3v) is 3.87. The molecule has 1 atom stereocenters. The molecule has 1 saturated heterocycles. The van der Waals surface area contributed by atoms with Crippen LogP contribution in [-0.2, 0) is 5.60 Å². The van der Waals surface area contributed by atoms with Crippen LogP contribution in [0.2, 0.25) is 0 Å². The lowest BCUT2D eigenvalue weighted by atomic mass is 9.90. The van der Waals surface area contributed by atoms with Crippen molar-refractivity contribution in [3.05, 3.63) is 35.4 Å². The molecule has 0 spiro atoms. The van der Waals surface area contributed by atoms with Gasteiger partial charge in [0.2, 0.25) is 0 Å². The molecule has 2 fully saturated rings. The van der Waals surface area contributed by atoms with E-state index in [0.29, 0.717) is 6.04 Å². The van der Waals surface area contributed by atoms with E-state index in [0.717, 1.165) is 24.9 Å². The maximum Gasteiger partial charge on any atom is 0.0902 e. The van der Waals surface area contributed by atoms with Crippen molar-refractivity contribution in [3.8, 4) is 0 Å². The second-order valence-corrected chi connectivity index (χ2v) is 5.12. The highest BCUT2D eigenvalue weighted by Crippen LogP contribution is 2.48. The molecule has 1 aliphatic carbocycles. The maximum atomic E-state index is 10.3. The maximum absolute atomic E-state index is 10.3. The summed E-state index contributed by atoms with van der Waals surface area (Å²) in [5.74, 6) is 0. The summed E-state index contributed by atoms with van der Waals surface area (Å²) in [7, 11) is 0. The zero-order chi connectivity index (χ0) is 11.0. The first-order chi connectivity index (χ1) is 7.80. The molecule has 0 amide bonds. The Morgan fingerprint density at radius 1 is 1.19 bits per heavy atom. The van der Waals surface area contributed by atoms with E-state index in [2.05, 4.69) is 23.5 Å². The van der Waals surface area contributed by atoms with Crippen LogP contribution in [0.4, 0.5) is 0 Å². The topological polar surface area (TPSA) is 32.3 Å². The Hall–Kier alpha value is -0.860. The Kier molecular flexibility index (Phi) is 2.49. The second-order valence-electron chi connectivity index (χ2n) is 5.12. The fraction of sp³-hybridized carbons (Fsp3) is 0.571. The van der Waals surface area contributed by atoms with Crippen LogP contribution in [-0.4, -0.2) is 11.7 Å². The van der Waals surface area contributed by atoms with Crippen molar-refractivity contribution in [2.75, 3.05) is 6.54 Å². The normalized spacial score (nSPS) is 27.7. The highest BCUT2D eigenvalue weighted by molar-refractivity contribution is 5.38. The lowest BCUT2D eigenvalue weighted by Gasteiger charge is -2.27. The molecule has 2 aliphatic rings. The molecule has 2 heteroatoms. The molecule has 1 unspecified atom stereocenters. The number of benzene rings is 1. The Bertz CT molecular complexity index is 378. The van der Waals surface area contributed by atoms with Crippen LogP contribution in [0.5, 0.6) is 0 Å². The van der Waals surface area contributed by atoms with Gasteiger partial charge in [0.25, 0.3) is 0 Å². The first-order valence-corrected chi connectivity index (χ1v) is 6.35. The molecule has 0 radical (unpaired) electrons. The largest absolute Gasteiger partial charge is 0.385 e. The zero-order valence-electron chi connectivity index (χ0n) is 9.58. The van der Waals surface area contributed by atoms with E-state index in [1.807, 2.05) is 6.07 Å². The first kappa shape index (κ1) is 10.3. The Balaban J connectivity index is 1.93. The molecule has 1 aliphatic heterocycles. The van der Waals surface area contributed by atoms with Crippen molar-refractivity contribution in [1.82, 2.24) is 5.32 Å². The molecular weight excluding hydrogens is 198 g/mol. The van der Waals surface area contributed by atoms with Gasteiger partial charge in [0, 0.05) is 6.04 Å². The van der Waals surface area contributed by atoms with Crippen LogP contribution in [0.1, 0.15) is 49.3 Å². The summed E-state index contributed by atoms with van der Waals surface area (Å²) in [4.78, 5) is 0. The molecule has 0 aromatic heterocycles. The van der Waals surface area contributed by atoms with Crippen LogP contribution in [0.15, 0.2) is 24.3 Å². The predicted molar refractivity (Wildman–Crippen MR) is 64.2 cm³/mol. The van der Waals surface area contributed by atoms with Crippen molar-refractivity contribution in [2.24, 2.45) is 0 Å². The lowest BCUT2D eigenvalue weighted by Crippen LogP contribution is -2.28. The van der Waals surface area contributed by atoms with Gasteiger partial charge in [-0.1, -0.05) is 30.7 Å². The summed E-state index contributed by atoms with van der Waals surface area (Å²) in [5, 5.41) is 13.8. The highest BCUT2D eigenvalue weighted by atomic mass is 16.3. The molecule has 0 bridgehead atoms. The molecule has 3 rings (SSSR count). The van der Waals surface area contributed by atoms with Crippen LogP contribution in [0, 0.1) is 0 Å². The van der Waals surface area contributed by atoms with Gasteiger partial charge in [-0.05, 0) is 43.4 Å². The van der Waals surface area contributed by atoms with Crippen LogP contribution >= 0.6 is 0 Å². The van der Waals surface area contributed by atoms with Gasteiger partial charge in [0.1, 0.15) is 0 Å². The number of hydrogen-bond acceptors (Lipinski definition) is 2. The standard InChI is InChI=1S/C14H19NO/c16-14(8-9-14)12-6-2-1-5-11(12)13-7-3-4-10-15-13/h1-2,5-6,13,15-16H,3-4,7-10H2. The van der Waals surface area contributed by atoms with Gasteiger partial charge >= 0.3 is 0 Å². The monoisotopic (exact) mass is 217 g/mol. The zero-order valence-corrected chi connectivity index (χ0v) is 9.58. The summed E-state index contributed by atoms with van der Waals surface area (Å²) in [6, 6.07) is 8.85. The van der Waals surface area contributed by atoms with E-state index in [4.69, 9.17) is 0 Å². The van der Waals surface area contributed by atoms with Gasteiger partial charge in [-0.2, -0.15) is 0 Å². The van der Waals surface area contributed by atoms with E-state index in [9.17, 15) is 5.11 Å². The van der Waals surface area contributed by atoms with Crippen molar-refractivity contribution in [3.63, 3.8) is 0 Å². The van der Waals surface area contributed by atoms with E-state index >= 15 is 0 Å². The summed E-state index contributed by atoms with van der Waals surface area (Å²) in [6.45, 7) is 1.11. The third kappa shape index (κ3) is 1.76. The van der Waals surface area contributed by atoms with Gasteiger partial charge in [-0.3, -0.25) is 0 Å². The van der Waals surface area contributed by atoms with E-state index in [1.165, 1.54) is 24.8 Å². The Labute approximate surface area is 96.7 Å². The number of piperidine rings is 1. The van der Waals surface area contributed by atoms with E-state index in [-0.39, 0.29) is 0 Å². The van der Waals surface area contributed by atoms with Crippen molar-refractivity contribution in [2.45, 2.75) is 43.7 Å². The number of aliphatic hydroxyl groups is 1. The smallest absolute Gasteiger partial charge is 0.0902 e. The Morgan fingerprint density at radius 2 is 2.00 bits per heavy atom. The van der Waals surface area contributed by atoms with Crippen LogP contribution < -0.4 is 5.32 Å². The number of nitrogens with one attached hydrogen (secondary N) is 1. The summed E-state index contributed by atoms with van der Waals surface area (Å²) in [5.41, 5.74) is 1.98. The van der Waals surface area contributed by atoms with E-state index < -0.39 is 5.60 Å². The molecule has 1 aromatic rings. The van der Waals surface area contributed by atoms with Crippen molar-refractivity contribution < 1.29 is 5.11 Å². The van der Waals surface area contributed by atoms with Crippen molar-refractivity contribution in [1.29, 1.82) is 0 Å². The number of hydrogen-bond donors (Lipinski definition) is 2. The van der Waals surface area contributed by atoms with Gasteiger partial charge in [-0.25, -0.2) is 0 Å². The second kappa shape index (κ2) is 3.86. The average molecular weight is 217 g/mol. The van der Waals surface area contributed by atoms with Crippen LogP contribution in [0.3, 0.4) is 0 Å².